The van der Waals surface area contributed by atoms with Gasteiger partial charge in [0.15, 0.2) is 0 Å². The number of hydrogen-bond acceptors (Lipinski definition) is 2. The summed E-state index contributed by atoms with van der Waals surface area (Å²) in [6.07, 6.45) is 5.53. The maximum absolute atomic E-state index is 5.39. The Morgan fingerprint density at radius 3 is 2.53 bits per heavy atom. The van der Waals surface area contributed by atoms with Crippen molar-refractivity contribution in [1.29, 1.82) is 0 Å². The molecule has 3 rings (SSSR count). The molecule has 0 atom stereocenters. The van der Waals surface area contributed by atoms with Crippen molar-refractivity contribution in [3.63, 3.8) is 0 Å². The number of imidazole rings is 1. The molecule has 0 saturated heterocycles. The third-order valence-electron chi connectivity index (χ3n) is 3.14. The van der Waals surface area contributed by atoms with Crippen molar-refractivity contribution < 1.29 is 4.42 Å². The van der Waals surface area contributed by atoms with Gasteiger partial charge in [-0.2, -0.15) is 0 Å². The number of furan rings is 1. The second kappa shape index (κ2) is 4.76. The zero-order chi connectivity index (χ0) is 13.2. The first kappa shape index (κ1) is 11.8. The summed E-state index contributed by atoms with van der Waals surface area (Å²) in [5.74, 6) is 2.37. The molecule has 0 bridgehead atoms. The summed E-state index contributed by atoms with van der Waals surface area (Å²) in [4.78, 5) is 4.41. The van der Waals surface area contributed by atoms with Crippen molar-refractivity contribution in [2.24, 2.45) is 0 Å². The molecule has 2 aromatic heterocycles. The van der Waals surface area contributed by atoms with Crippen molar-refractivity contribution in [2.75, 3.05) is 0 Å². The second-order valence-corrected chi connectivity index (χ2v) is 4.83. The highest BCUT2D eigenvalue weighted by atomic mass is 16.3. The summed E-state index contributed by atoms with van der Waals surface area (Å²) in [5.41, 5.74) is 2.21. The van der Waals surface area contributed by atoms with Crippen LogP contribution >= 0.6 is 0 Å². The first-order valence-corrected chi connectivity index (χ1v) is 6.43. The zero-order valence-electron chi connectivity index (χ0n) is 11.1. The lowest BCUT2D eigenvalue weighted by molar-refractivity contribution is 0.582. The van der Waals surface area contributed by atoms with Gasteiger partial charge in [0.1, 0.15) is 11.6 Å². The molecule has 2 heterocycles. The molecule has 0 aliphatic carbocycles. The molecule has 0 aliphatic heterocycles. The summed E-state index contributed by atoms with van der Waals surface area (Å²) in [6, 6.07) is 12.2. The summed E-state index contributed by atoms with van der Waals surface area (Å²) in [5, 5.41) is 0. The minimum atomic E-state index is 0.403. The van der Waals surface area contributed by atoms with Crippen LogP contribution in [-0.2, 0) is 0 Å². The molecular weight excluding hydrogens is 236 g/mol. The van der Waals surface area contributed by atoms with E-state index in [2.05, 4.69) is 47.7 Å². The topological polar surface area (TPSA) is 31.0 Å². The highest BCUT2D eigenvalue weighted by Crippen LogP contribution is 2.23. The minimum absolute atomic E-state index is 0.403. The van der Waals surface area contributed by atoms with Gasteiger partial charge in [-0.1, -0.05) is 13.8 Å². The Hall–Kier alpha value is -2.29. The van der Waals surface area contributed by atoms with Crippen molar-refractivity contribution >= 4 is 0 Å². The molecule has 19 heavy (non-hydrogen) atoms. The summed E-state index contributed by atoms with van der Waals surface area (Å²) >= 11 is 0. The summed E-state index contributed by atoms with van der Waals surface area (Å²) in [7, 11) is 0. The molecule has 3 heteroatoms. The second-order valence-electron chi connectivity index (χ2n) is 4.83. The Morgan fingerprint density at radius 1 is 1.11 bits per heavy atom. The van der Waals surface area contributed by atoms with E-state index in [1.54, 1.807) is 6.26 Å². The van der Waals surface area contributed by atoms with Crippen LogP contribution in [0.15, 0.2) is 59.5 Å². The van der Waals surface area contributed by atoms with Crippen LogP contribution in [0.2, 0.25) is 0 Å². The molecule has 1 aromatic carbocycles. The van der Waals surface area contributed by atoms with E-state index in [0.717, 1.165) is 22.8 Å². The maximum Gasteiger partial charge on any atom is 0.133 e. The number of benzene rings is 1. The van der Waals surface area contributed by atoms with E-state index >= 15 is 0 Å². The van der Waals surface area contributed by atoms with Gasteiger partial charge in [-0.25, -0.2) is 4.98 Å². The Balaban J connectivity index is 1.97. The Labute approximate surface area is 112 Å². The molecule has 0 aliphatic rings. The molecule has 0 fully saturated rings. The number of aromatic nitrogens is 2. The lowest BCUT2D eigenvalue weighted by Crippen LogP contribution is -2.01. The van der Waals surface area contributed by atoms with Gasteiger partial charge in [0, 0.05) is 29.6 Å². The first-order chi connectivity index (χ1) is 9.25. The van der Waals surface area contributed by atoms with E-state index in [-0.39, 0.29) is 0 Å². The van der Waals surface area contributed by atoms with Crippen molar-refractivity contribution in [3.8, 4) is 17.0 Å². The van der Waals surface area contributed by atoms with Crippen molar-refractivity contribution in [2.45, 2.75) is 19.8 Å². The van der Waals surface area contributed by atoms with E-state index in [4.69, 9.17) is 4.42 Å². The number of hydrogen-bond donors (Lipinski definition) is 0. The number of rotatable bonds is 3. The van der Waals surface area contributed by atoms with E-state index in [1.165, 1.54) is 0 Å². The largest absolute Gasteiger partial charge is 0.464 e. The van der Waals surface area contributed by atoms with Crippen molar-refractivity contribution in [3.05, 3.63) is 60.9 Å². The fraction of sp³-hybridized carbons (Fsp3) is 0.188. The van der Waals surface area contributed by atoms with Gasteiger partial charge < -0.3 is 8.98 Å². The normalized spacial score (nSPS) is 11.1. The SMILES string of the molecule is CC(C)c1nccn1-c1ccc(-c2ccco2)cc1. The lowest BCUT2D eigenvalue weighted by Gasteiger charge is -2.10. The van der Waals surface area contributed by atoms with Crippen LogP contribution in [0.25, 0.3) is 17.0 Å². The molecule has 3 aromatic rings. The fourth-order valence-corrected chi connectivity index (χ4v) is 2.19. The molecule has 96 valence electrons. The standard InChI is InChI=1S/C16H16N2O/c1-12(2)16-17-9-10-18(16)14-7-5-13(6-8-14)15-4-3-11-19-15/h3-12H,1-2H3. The highest BCUT2D eigenvalue weighted by molar-refractivity contribution is 5.59. The lowest BCUT2D eigenvalue weighted by atomic mass is 10.1. The van der Waals surface area contributed by atoms with Crippen LogP contribution in [-0.4, -0.2) is 9.55 Å². The Morgan fingerprint density at radius 2 is 1.89 bits per heavy atom. The van der Waals surface area contributed by atoms with Crippen LogP contribution in [0.4, 0.5) is 0 Å². The zero-order valence-corrected chi connectivity index (χ0v) is 11.1. The van der Waals surface area contributed by atoms with Gasteiger partial charge in [0.25, 0.3) is 0 Å². The van der Waals surface area contributed by atoms with Gasteiger partial charge >= 0.3 is 0 Å². The molecular formula is C16H16N2O. The fourth-order valence-electron chi connectivity index (χ4n) is 2.19. The first-order valence-electron chi connectivity index (χ1n) is 6.43. The highest BCUT2D eigenvalue weighted by Gasteiger charge is 2.09. The van der Waals surface area contributed by atoms with E-state index in [0.29, 0.717) is 5.92 Å². The van der Waals surface area contributed by atoms with Crippen LogP contribution in [0, 0.1) is 0 Å². The third kappa shape index (κ3) is 2.19. The molecule has 0 spiro atoms. The molecule has 0 unspecified atom stereocenters. The van der Waals surface area contributed by atoms with Crippen LogP contribution < -0.4 is 0 Å². The average Bonchev–Trinajstić information content (AvgIpc) is 3.10. The predicted molar refractivity (Wildman–Crippen MR) is 75.4 cm³/mol. The Kier molecular flexibility index (Phi) is 2.95. The van der Waals surface area contributed by atoms with Crippen molar-refractivity contribution in [1.82, 2.24) is 9.55 Å². The quantitative estimate of drug-likeness (QED) is 0.697. The molecule has 0 N–H and O–H groups in total. The van der Waals surface area contributed by atoms with Gasteiger partial charge in [-0.3, -0.25) is 0 Å². The van der Waals surface area contributed by atoms with E-state index in [9.17, 15) is 0 Å². The van der Waals surface area contributed by atoms with E-state index < -0.39 is 0 Å². The average molecular weight is 252 g/mol. The Bertz CT molecular complexity index is 648. The molecule has 0 amide bonds. The monoisotopic (exact) mass is 252 g/mol. The van der Waals surface area contributed by atoms with Crippen LogP contribution in [0.1, 0.15) is 25.6 Å². The van der Waals surface area contributed by atoms with Gasteiger partial charge in [-0.05, 0) is 36.4 Å². The van der Waals surface area contributed by atoms with Crippen LogP contribution in [0.5, 0.6) is 0 Å². The smallest absolute Gasteiger partial charge is 0.133 e. The summed E-state index contributed by atoms with van der Waals surface area (Å²) < 4.78 is 7.51. The van der Waals surface area contributed by atoms with Crippen LogP contribution in [0.3, 0.4) is 0 Å². The molecule has 0 radical (unpaired) electrons. The van der Waals surface area contributed by atoms with Gasteiger partial charge in [0.2, 0.25) is 0 Å². The maximum atomic E-state index is 5.39. The number of nitrogens with zero attached hydrogens (tertiary/aromatic N) is 2. The summed E-state index contributed by atoms with van der Waals surface area (Å²) in [6.45, 7) is 4.30. The molecule has 0 saturated carbocycles. The third-order valence-corrected chi connectivity index (χ3v) is 3.14. The molecule has 3 nitrogen and oxygen atoms in total. The minimum Gasteiger partial charge on any atom is -0.464 e. The van der Waals surface area contributed by atoms with Gasteiger partial charge in [0.05, 0.1) is 6.26 Å². The van der Waals surface area contributed by atoms with Gasteiger partial charge in [-0.15, -0.1) is 0 Å². The van der Waals surface area contributed by atoms with E-state index in [1.807, 2.05) is 24.5 Å². The predicted octanol–water partition coefficient (Wildman–Crippen LogP) is 4.26.